The van der Waals surface area contributed by atoms with Gasteiger partial charge in [0.25, 0.3) is 0 Å². The molecule has 0 aromatic heterocycles. The van der Waals surface area contributed by atoms with Gasteiger partial charge in [-0.25, -0.2) is 0 Å². The molecule has 20 atom stereocenters. The molecular formula is C82H131N11O20S. The lowest BCUT2D eigenvalue weighted by molar-refractivity contribution is -0.149. The molecule has 0 spiro atoms. The fraction of sp³-hybridized carbons (Fsp3) is 0.707. The van der Waals surface area contributed by atoms with E-state index < -0.39 is 214 Å². The number of thioether (sulfide) groups is 1. The van der Waals surface area contributed by atoms with E-state index in [1.54, 1.807) is 12.1 Å². The van der Waals surface area contributed by atoms with E-state index in [1.807, 2.05) is 38.3 Å². The maximum Gasteiger partial charge on any atom is 0.248 e. The number of benzene rings is 2. The van der Waals surface area contributed by atoms with Gasteiger partial charge in [-0.2, -0.15) is 11.8 Å². The number of hydrogen-bond donors (Lipinski definition) is 17. The van der Waals surface area contributed by atoms with Crippen LogP contribution in [-0.2, 0) is 64.0 Å². The van der Waals surface area contributed by atoms with Crippen molar-refractivity contribution in [1.29, 1.82) is 0 Å². The standard InChI is InChI=1S/C82H131N11O20S/c1-8-49(4)40-50(5)19-14-11-9-10-12-17-22-58(97)42-56-44-68(103)74(85-35-32-83)91-80(111)71-65(100)29-36-92(71)82(113)70(90-78(109)60(73(105)72(104)53-24-26-57(96)27-25-53)46-67(102)63-45-59(98)47-93(63)81(112)69(51(6)95)89-77(56)108)64(99)28-34-87-79(110)61(84)23-18-33-86-75(106)55(41-52-20-15-13-16-21-52)43-66(101)62(39-48(2)3)88-76(107)54(30-37-94)31-38-114-7/h13,15-16,20-21,24-27,37,48-51,54-56,59-65,68-74,85,95-96,98-100,103-105H,8-12,14,17-19,22-23,28-36,38-47,83-84H2,1-7H3,(H,86,106)(H,87,110)(H,88,107)(H,89,108)(H,90,109)(H,91,111)/t49-,50+,51+,54-,55+,56-,59+,60-,61-,62-,63-,64+,65-,68+,69-,70-,71-,72-,73-,74-/m0/s1. The molecule has 0 saturated carbocycles. The highest BCUT2D eigenvalue weighted by Crippen LogP contribution is 2.32. The van der Waals surface area contributed by atoms with Gasteiger partial charge in [0, 0.05) is 95.5 Å². The second kappa shape index (κ2) is 50.3. The molecule has 3 aliphatic heterocycles. The van der Waals surface area contributed by atoms with E-state index in [1.165, 1.54) is 37.2 Å². The summed E-state index contributed by atoms with van der Waals surface area (Å²) < 4.78 is 0. The summed E-state index contributed by atoms with van der Waals surface area (Å²) in [6.07, 6.45) is -6.06. The first-order chi connectivity index (χ1) is 54.2. The highest BCUT2D eigenvalue weighted by Gasteiger charge is 2.49. The number of phenolic OH excluding ortho intramolecular Hbond substituents is 1. The smallest absolute Gasteiger partial charge is 0.248 e. The van der Waals surface area contributed by atoms with Crippen molar-refractivity contribution in [2.45, 2.75) is 274 Å². The van der Waals surface area contributed by atoms with Gasteiger partial charge in [-0.3, -0.25) is 58.1 Å². The minimum absolute atomic E-state index is 0.00187. The van der Waals surface area contributed by atoms with E-state index in [0.717, 1.165) is 66.0 Å². The maximum absolute atomic E-state index is 15.4. The van der Waals surface area contributed by atoms with Gasteiger partial charge >= 0.3 is 0 Å². The van der Waals surface area contributed by atoms with Crippen LogP contribution in [0.1, 0.15) is 200 Å². The normalized spacial score (nSPS) is 24.2. The Bertz CT molecular complexity index is 3380. The quantitative estimate of drug-likeness (QED) is 0.0330. The number of Topliss-reactive ketones (excluding diaryl/α,β-unsaturated/α-hetero) is 3. The SMILES string of the molecule is CC[C@H](C)C[C@H](C)CCCCCCCCC(=O)C[C@H]1C[C@@H](O)[C@@H](NCCN)NC(=O)[C@@H]2[C@@H](O)CCN2C(=O)[C@H]([C@H](O)CCNC(=O)[C@@H](N)CCCNC(=O)[C@@H](CC(=O)[C@H](CC(C)C)NC(=O)[C@@H](CC=O)CCSC)Cc2ccccc2)NC(=O)[C@H]([C@H](O)[C@@H](O)c2ccc(O)cc2)CC(=O)[C@@H]2C[C@@H](O)CN2C(=O)[C@H]([C@@H](C)O)NC1=O. The van der Waals surface area contributed by atoms with Gasteiger partial charge in [0.2, 0.25) is 47.3 Å². The molecule has 19 N–H and O–H groups in total. The molecule has 3 heterocycles. The van der Waals surface area contributed by atoms with Crippen LogP contribution in [0.4, 0.5) is 0 Å². The van der Waals surface area contributed by atoms with Crippen molar-refractivity contribution in [1.82, 2.24) is 47.0 Å². The highest BCUT2D eigenvalue weighted by molar-refractivity contribution is 7.98. The fourth-order valence-electron chi connectivity index (χ4n) is 15.2. The van der Waals surface area contributed by atoms with Gasteiger partial charge in [0.15, 0.2) is 11.6 Å². The Morgan fingerprint density at radius 2 is 1.35 bits per heavy atom. The lowest BCUT2D eigenvalue weighted by Crippen LogP contribution is -2.63. The molecule has 31 nitrogen and oxygen atoms in total. The summed E-state index contributed by atoms with van der Waals surface area (Å²) in [6, 6.07) is 4.02. The Balaban J connectivity index is 1.42. The fourth-order valence-corrected chi connectivity index (χ4v) is 15.7. The maximum atomic E-state index is 15.4. The number of aliphatic hydroxyl groups excluding tert-OH is 7. The number of ketones is 3. The van der Waals surface area contributed by atoms with E-state index >= 15 is 9.59 Å². The lowest BCUT2D eigenvalue weighted by Gasteiger charge is -2.35. The number of nitrogens with two attached hydrogens (primary N) is 2. The zero-order chi connectivity index (χ0) is 84.3. The zero-order valence-corrected chi connectivity index (χ0v) is 68.4. The van der Waals surface area contributed by atoms with Gasteiger partial charge in [-0.05, 0) is 124 Å². The van der Waals surface area contributed by atoms with Crippen LogP contribution in [0.2, 0.25) is 0 Å². The molecule has 3 fully saturated rings. The molecule has 114 heavy (non-hydrogen) atoms. The molecule has 5 rings (SSSR count). The van der Waals surface area contributed by atoms with E-state index in [2.05, 4.69) is 58.0 Å². The topological polar surface area (TPSA) is 509 Å². The Labute approximate surface area is 674 Å². The second-order valence-electron chi connectivity index (χ2n) is 32.0. The molecule has 0 bridgehead atoms. The summed E-state index contributed by atoms with van der Waals surface area (Å²) in [5.41, 5.74) is 13.0. The number of hydrogen-bond acceptors (Lipinski definition) is 24. The van der Waals surface area contributed by atoms with Crippen molar-refractivity contribution in [3.8, 4) is 5.75 Å². The van der Waals surface area contributed by atoms with Gasteiger partial charge in [0.1, 0.15) is 48.2 Å². The van der Waals surface area contributed by atoms with E-state index in [0.29, 0.717) is 43.1 Å². The third-order valence-corrected chi connectivity index (χ3v) is 22.7. The van der Waals surface area contributed by atoms with Crippen LogP contribution < -0.4 is 48.7 Å². The van der Waals surface area contributed by atoms with Crippen LogP contribution in [0.25, 0.3) is 0 Å². The van der Waals surface area contributed by atoms with Gasteiger partial charge in [-0.1, -0.05) is 122 Å². The van der Waals surface area contributed by atoms with Crippen molar-refractivity contribution in [3.05, 3.63) is 65.7 Å². The molecule has 8 amide bonds. The third-order valence-electron chi connectivity index (χ3n) is 22.1. The number of unbranched alkanes of at least 4 members (excludes halogenated alkanes) is 5. The number of rotatable bonds is 45. The molecular weight excluding hydrogens is 1490 g/mol. The van der Waals surface area contributed by atoms with Crippen molar-refractivity contribution in [2.75, 3.05) is 51.3 Å². The molecule has 3 aliphatic rings. The monoisotopic (exact) mass is 1620 g/mol. The van der Waals surface area contributed by atoms with Crippen LogP contribution in [-0.4, -0.2) is 252 Å². The number of carbonyl (C=O) groups excluding carboxylic acids is 12. The molecule has 0 radical (unpaired) electrons. The number of aldehydes is 1. The van der Waals surface area contributed by atoms with E-state index in [-0.39, 0.29) is 99.8 Å². The molecule has 32 heteroatoms. The lowest BCUT2D eigenvalue weighted by atomic mass is 9.86. The summed E-state index contributed by atoms with van der Waals surface area (Å²) >= 11 is 1.52. The van der Waals surface area contributed by atoms with Crippen molar-refractivity contribution in [3.63, 3.8) is 0 Å². The summed E-state index contributed by atoms with van der Waals surface area (Å²) in [5, 5.41) is 111. The largest absolute Gasteiger partial charge is 0.508 e. The van der Waals surface area contributed by atoms with Gasteiger partial charge < -0.3 is 98.8 Å². The van der Waals surface area contributed by atoms with Crippen LogP contribution in [0.5, 0.6) is 5.75 Å². The number of fused-ring (bicyclic) bond motifs is 2. The summed E-state index contributed by atoms with van der Waals surface area (Å²) in [6.45, 7) is 10.1. The molecule has 3 saturated heterocycles. The van der Waals surface area contributed by atoms with Crippen molar-refractivity contribution >= 4 is 82.7 Å². The minimum atomic E-state index is -2.29. The Hall–Kier alpha value is -7.37. The summed E-state index contributed by atoms with van der Waals surface area (Å²) in [5.74, 6) is -12.7. The highest BCUT2D eigenvalue weighted by atomic mass is 32.2. The van der Waals surface area contributed by atoms with Crippen LogP contribution in [0, 0.1) is 41.4 Å². The number of nitrogens with one attached hydrogen (secondary N) is 7. The summed E-state index contributed by atoms with van der Waals surface area (Å²) in [4.78, 5) is 173. The number of amides is 8. The molecule has 0 aliphatic carbocycles. The Morgan fingerprint density at radius 3 is 2.00 bits per heavy atom. The van der Waals surface area contributed by atoms with Crippen molar-refractivity contribution < 1.29 is 98.4 Å². The molecule has 0 unspecified atom stereocenters. The number of aliphatic hydroxyl groups is 7. The second-order valence-corrected chi connectivity index (χ2v) is 33.0. The van der Waals surface area contributed by atoms with E-state index in [4.69, 9.17) is 11.5 Å². The summed E-state index contributed by atoms with van der Waals surface area (Å²) in [7, 11) is 0. The predicted octanol–water partition coefficient (Wildman–Crippen LogP) is 1.56. The zero-order valence-electron chi connectivity index (χ0n) is 67.5. The van der Waals surface area contributed by atoms with Crippen molar-refractivity contribution in [2.24, 2.45) is 52.9 Å². The first kappa shape index (κ1) is 97.2. The molecule has 2 aromatic rings. The van der Waals surface area contributed by atoms with E-state index in [9.17, 15) is 88.8 Å². The van der Waals surface area contributed by atoms with Gasteiger partial charge in [-0.15, -0.1) is 0 Å². The minimum Gasteiger partial charge on any atom is -0.508 e. The van der Waals surface area contributed by atoms with Gasteiger partial charge in [0.05, 0.1) is 60.7 Å². The average molecular weight is 1620 g/mol. The number of carbonyl (C=O) groups is 12. The number of aromatic hydroxyl groups is 1. The molecule has 2 aromatic carbocycles. The predicted molar refractivity (Wildman–Crippen MR) is 429 cm³/mol. The first-order valence-electron chi connectivity index (χ1n) is 40.9. The average Bonchev–Trinajstić information content (AvgIpc) is 1.61. The van der Waals surface area contributed by atoms with Crippen LogP contribution in [0.15, 0.2) is 54.6 Å². The Morgan fingerprint density at radius 1 is 0.693 bits per heavy atom. The van der Waals surface area contributed by atoms with Crippen LogP contribution in [0.3, 0.4) is 0 Å². The number of nitrogens with zero attached hydrogens (tertiary/aromatic N) is 2. The number of phenols is 1. The molecule has 640 valence electrons. The third kappa shape index (κ3) is 31.6. The van der Waals surface area contributed by atoms with Crippen LogP contribution >= 0.6 is 11.8 Å². The first-order valence-corrected chi connectivity index (χ1v) is 42.3. The Kier molecular flexibility index (Phi) is 42.9.